The molecule has 0 aliphatic heterocycles. The van der Waals surface area contributed by atoms with Crippen molar-refractivity contribution in [1.29, 1.82) is 0 Å². The van der Waals surface area contributed by atoms with Gasteiger partial charge in [0.2, 0.25) is 0 Å². The monoisotopic (exact) mass is 489 g/mol. The molecule has 0 unspecified atom stereocenters. The zero-order chi connectivity index (χ0) is 25.4. The molecule has 5 nitrogen and oxygen atoms in total. The zero-order valence-electron chi connectivity index (χ0n) is 17.4. The van der Waals surface area contributed by atoms with Gasteiger partial charge in [0.15, 0.2) is 5.82 Å². The molecule has 0 atom stereocenters. The van der Waals surface area contributed by atoms with Crippen LogP contribution in [0.1, 0.15) is 21.7 Å². The van der Waals surface area contributed by atoms with Gasteiger partial charge in [-0.25, -0.2) is 14.8 Å². The van der Waals surface area contributed by atoms with Crippen molar-refractivity contribution in [2.75, 3.05) is 0 Å². The minimum atomic E-state index is -4.91. The van der Waals surface area contributed by atoms with E-state index in [4.69, 9.17) is 0 Å². The molecule has 0 aliphatic carbocycles. The number of hydrogen-bond acceptors (Lipinski definition) is 4. The molecule has 0 spiro atoms. The molecular weight excluding hydrogens is 476 g/mol. The van der Waals surface area contributed by atoms with Gasteiger partial charge in [-0.05, 0) is 41.5 Å². The fourth-order valence-corrected chi connectivity index (χ4v) is 3.31. The summed E-state index contributed by atoms with van der Waals surface area (Å²) in [6.07, 6.45) is -8.88. The van der Waals surface area contributed by atoms with Crippen LogP contribution < -0.4 is 0 Å². The topological polar surface area (TPSA) is 76.0 Å². The number of nitrogens with zero attached hydrogens (tertiary/aromatic N) is 3. The number of carbonyl (C=O) groups is 1. The predicted octanol–water partition coefficient (Wildman–Crippen LogP) is 6.61. The van der Waals surface area contributed by atoms with Crippen LogP contribution in [0.2, 0.25) is 0 Å². The third kappa shape index (κ3) is 5.13. The Morgan fingerprint density at radius 2 is 1.40 bits per heavy atom. The van der Waals surface area contributed by atoms with Gasteiger partial charge < -0.3 is 5.11 Å². The van der Waals surface area contributed by atoms with Crippen LogP contribution in [0.4, 0.5) is 26.3 Å². The molecule has 11 heteroatoms. The van der Waals surface area contributed by atoms with Gasteiger partial charge in [-0.1, -0.05) is 36.4 Å². The van der Waals surface area contributed by atoms with Crippen LogP contribution in [0.15, 0.2) is 72.9 Å². The van der Waals surface area contributed by atoms with E-state index in [2.05, 4.69) is 15.0 Å². The summed E-state index contributed by atoms with van der Waals surface area (Å²) in [6.45, 7) is 0. The number of halogens is 6. The summed E-state index contributed by atoms with van der Waals surface area (Å²) in [6, 6.07) is 14.5. The number of aromatic carboxylic acids is 1. The van der Waals surface area contributed by atoms with Crippen LogP contribution in [0.3, 0.4) is 0 Å². The Balaban J connectivity index is 1.95. The van der Waals surface area contributed by atoms with Crippen molar-refractivity contribution >= 4 is 5.97 Å². The summed E-state index contributed by atoms with van der Waals surface area (Å²) >= 11 is 0. The summed E-state index contributed by atoms with van der Waals surface area (Å²) in [7, 11) is 0. The molecule has 0 bridgehead atoms. The largest absolute Gasteiger partial charge is 0.478 e. The molecule has 0 saturated carbocycles. The maximum Gasteiger partial charge on any atom is 0.433 e. The fraction of sp³-hybridized carbons (Fsp3) is 0.0833. The van der Waals surface area contributed by atoms with E-state index in [9.17, 15) is 36.2 Å². The quantitative estimate of drug-likeness (QED) is 0.327. The highest BCUT2D eigenvalue weighted by Crippen LogP contribution is 2.36. The van der Waals surface area contributed by atoms with E-state index in [-0.39, 0.29) is 22.4 Å². The van der Waals surface area contributed by atoms with Crippen LogP contribution in [-0.2, 0) is 12.4 Å². The Hall–Kier alpha value is -4.28. The molecule has 35 heavy (non-hydrogen) atoms. The number of carboxylic acid groups (broad SMARTS) is 1. The van der Waals surface area contributed by atoms with Gasteiger partial charge in [0.05, 0.1) is 11.3 Å². The van der Waals surface area contributed by atoms with Crippen molar-refractivity contribution in [2.45, 2.75) is 12.4 Å². The fourth-order valence-electron chi connectivity index (χ4n) is 3.31. The predicted molar refractivity (Wildman–Crippen MR) is 113 cm³/mol. The molecule has 2 aromatic heterocycles. The Labute approximate surface area is 193 Å². The maximum absolute atomic E-state index is 13.7. The lowest BCUT2D eigenvalue weighted by atomic mass is 9.96. The smallest absolute Gasteiger partial charge is 0.433 e. The lowest BCUT2D eigenvalue weighted by molar-refractivity contribution is -0.141. The van der Waals surface area contributed by atoms with Crippen LogP contribution in [-0.4, -0.2) is 26.0 Å². The van der Waals surface area contributed by atoms with Crippen molar-refractivity contribution in [3.05, 3.63) is 89.9 Å². The summed E-state index contributed by atoms with van der Waals surface area (Å²) in [5.74, 6) is -1.76. The average molecular weight is 489 g/mol. The van der Waals surface area contributed by atoms with Gasteiger partial charge in [0.1, 0.15) is 11.4 Å². The van der Waals surface area contributed by atoms with E-state index in [1.54, 1.807) is 30.3 Å². The number of hydrogen-bond donors (Lipinski definition) is 1. The first kappa shape index (κ1) is 23.9. The molecule has 178 valence electrons. The Morgan fingerprint density at radius 1 is 0.714 bits per heavy atom. The zero-order valence-corrected chi connectivity index (χ0v) is 17.4. The molecule has 0 aliphatic rings. The first-order chi connectivity index (χ1) is 16.4. The highest BCUT2D eigenvalue weighted by molar-refractivity contribution is 5.92. The van der Waals surface area contributed by atoms with Gasteiger partial charge in [-0.3, -0.25) is 4.98 Å². The van der Waals surface area contributed by atoms with E-state index in [1.807, 2.05) is 0 Å². The van der Waals surface area contributed by atoms with Crippen molar-refractivity contribution in [1.82, 2.24) is 15.0 Å². The van der Waals surface area contributed by atoms with Crippen LogP contribution in [0.5, 0.6) is 0 Å². The second kappa shape index (κ2) is 8.82. The Bertz CT molecular complexity index is 1390. The average Bonchev–Trinajstić information content (AvgIpc) is 2.83. The Morgan fingerprint density at radius 3 is 1.97 bits per heavy atom. The summed E-state index contributed by atoms with van der Waals surface area (Å²) in [5.41, 5.74) is -2.28. The number of benzene rings is 2. The van der Waals surface area contributed by atoms with E-state index < -0.39 is 35.5 Å². The lowest BCUT2D eigenvalue weighted by Crippen LogP contribution is -2.11. The Kier molecular flexibility index (Phi) is 6.01. The van der Waals surface area contributed by atoms with Gasteiger partial charge in [0.25, 0.3) is 0 Å². The number of carboxylic acids is 1. The van der Waals surface area contributed by atoms with E-state index in [0.29, 0.717) is 23.3 Å². The highest BCUT2D eigenvalue weighted by atomic mass is 19.4. The van der Waals surface area contributed by atoms with E-state index in [1.165, 1.54) is 12.1 Å². The maximum atomic E-state index is 13.7. The van der Waals surface area contributed by atoms with Crippen LogP contribution in [0, 0.1) is 0 Å². The molecule has 2 heterocycles. The van der Waals surface area contributed by atoms with E-state index in [0.717, 1.165) is 18.3 Å². The molecular formula is C24H13F6N3O2. The third-order valence-corrected chi connectivity index (χ3v) is 4.96. The first-order valence-electron chi connectivity index (χ1n) is 9.86. The molecule has 4 aromatic rings. The molecule has 0 fully saturated rings. The molecule has 0 radical (unpaired) electrons. The van der Waals surface area contributed by atoms with Crippen molar-refractivity contribution in [2.24, 2.45) is 0 Å². The highest BCUT2D eigenvalue weighted by Gasteiger charge is 2.35. The minimum Gasteiger partial charge on any atom is -0.478 e. The van der Waals surface area contributed by atoms with Gasteiger partial charge in [-0.15, -0.1) is 0 Å². The van der Waals surface area contributed by atoms with Crippen molar-refractivity contribution in [3.8, 4) is 33.8 Å². The van der Waals surface area contributed by atoms with Gasteiger partial charge >= 0.3 is 18.3 Å². The number of pyridine rings is 1. The normalized spacial score (nSPS) is 11.9. The van der Waals surface area contributed by atoms with Gasteiger partial charge in [0, 0.05) is 17.3 Å². The minimum absolute atomic E-state index is 0.00307. The standard InChI is InChI=1S/C24H13F6N3O2/c25-23(26,27)19-9-7-15(12-31-19)18-11-20(24(28,29)30)33-21(32-18)17-10-14(22(34)35)6-8-16(17)13-4-2-1-3-5-13/h1-12H,(H,34,35). The number of rotatable bonds is 4. The summed E-state index contributed by atoms with van der Waals surface area (Å²) in [5, 5.41) is 9.40. The second-order valence-electron chi connectivity index (χ2n) is 7.32. The van der Waals surface area contributed by atoms with Gasteiger partial charge in [-0.2, -0.15) is 26.3 Å². The van der Waals surface area contributed by atoms with Crippen molar-refractivity contribution < 1.29 is 36.2 Å². The van der Waals surface area contributed by atoms with Crippen molar-refractivity contribution in [3.63, 3.8) is 0 Å². The summed E-state index contributed by atoms with van der Waals surface area (Å²) < 4.78 is 79.6. The molecule has 0 amide bonds. The molecule has 1 N–H and O–H groups in total. The van der Waals surface area contributed by atoms with Crippen LogP contribution >= 0.6 is 0 Å². The molecule has 0 saturated heterocycles. The lowest BCUT2D eigenvalue weighted by Gasteiger charge is -2.14. The second-order valence-corrected chi connectivity index (χ2v) is 7.32. The SMILES string of the molecule is O=C(O)c1ccc(-c2ccccc2)c(-c2nc(-c3ccc(C(F)(F)F)nc3)cc(C(F)(F)F)n2)c1. The molecule has 2 aromatic carbocycles. The number of alkyl halides is 6. The number of aromatic nitrogens is 3. The molecule has 4 rings (SSSR count). The third-order valence-electron chi connectivity index (χ3n) is 4.96. The van der Waals surface area contributed by atoms with E-state index >= 15 is 0 Å². The first-order valence-corrected chi connectivity index (χ1v) is 9.86. The summed E-state index contributed by atoms with van der Waals surface area (Å²) in [4.78, 5) is 22.6. The van der Waals surface area contributed by atoms with Crippen LogP contribution in [0.25, 0.3) is 33.8 Å².